The lowest BCUT2D eigenvalue weighted by atomic mass is 9.80. The van der Waals surface area contributed by atoms with Gasteiger partial charge in [0, 0.05) is 17.5 Å². The highest BCUT2D eigenvalue weighted by atomic mass is 16.5. The number of methoxy groups -OCH3 is 1. The molecule has 1 unspecified atom stereocenters. The second-order valence-corrected chi connectivity index (χ2v) is 13.6. The van der Waals surface area contributed by atoms with E-state index in [0.29, 0.717) is 25.3 Å². The lowest BCUT2D eigenvalue weighted by Crippen LogP contribution is -2.54. The van der Waals surface area contributed by atoms with Crippen LogP contribution in [0.3, 0.4) is 0 Å². The van der Waals surface area contributed by atoms with Crippen LogP contribution in [-0.4, -0.2) is 37.4 Å². The van der Waals surface area contributed by atoms with Crippen molar-refractivity contribution in [3.8, 4) is 16.9 Å². The summed E-state index contributed by atoms with van der Waals surface area (Å²) in [7, 11) is 1.65. The van der Waals surface area contributed by atoms with Gasteiger partial charge in [-0.3, -0.25) is 14.4 Å². The van der Waals surface area contributed by atoms with E-state index in [1.54, 1.807) is 12.0 Å². The lowest BCUT2D eigenvalue weighted by molar-refractivity contribution is -0.136. The van der Waals surface area contributed by atoms with Crippen LogP contribution < -0.4 is 25.6 Å². The zero-order valence-electron chi connectivity index (χ0n) is 29.1. The molecule has 260 valence electrons. The van der Waals surface area contributed by atoms with Gasteiger partial charge in [-0.05, 0) is 77.9 Å². The number of nitrogens with two attached hydrogens (primary N) is 1. The van der Waals surface area contributed by atoms with Gasteiger partial charge in [0.1, 0.15) is 11.8 Å². The van der Waals surface area contributed by atoms with Crippen molar-refractivity contribution in [3.63, 3.8) is 0 Å². The fourth-order valence-corrected chi connectivity index (χ4v) is 7.72. The molecule has 1 heterocycles. The zero-order chi connectivity index (χ0) is 35.0. The minimum atomic E-state index is -0.874. The molecule has 0 radical (unpaired) electrons. The smallest absolute Gasteiger partial charge is 0.251 e. The van der Waals surface area contributed by atoms with Gasteiger partial charge in [-0.2, -0.15) is 0 Å². The summed E-state index contributed by atoms with van der Waals surface area (Å²) in [4.78, 5) is 45.9. The molecular formula is C42H48N4O4. The number of amides is 3. The van der Waals surface area contributed by atoms with E-state index < -0.39 is 23.8 Å². The number of rotatable bonds is 13. The predicted octanol–water partition coefficient (Wildman–Crippen LogP) is 7.63. The average molecular weight is 673 g/mol. The SMILES string of the molecule is CCC[C@H](C(N)=O)[C@@H](CC1CCCC1)C(=O)NC1CN(c2ccccc2)c2ccccc2N(Cc2cccc(-c3ccc(OC)cc3)c2)C1=O. The summed E-state index contributed by atoms with van der Waals surface area (Å²) >= 11 is 0. The zero-order valence-corrected chi connectivity index (χ0v) is 29.1. The fraction of sp³-hybridized carbons (Fsp3) is 0.357. The van der Waals surface area contributed by atoms with Gasteiger partial charge in [0.2, 0.25) is 11.8 Å². The monoisotopic (exact) mass is 672 g/mol. The third kappa shape index (κ3) is 7.85. The van der Waals surface area contributed by atoms with Crippen molar-refractivity contribution in [1.82, 2.24) is 5.32 Å². The summed E-state index contributed by atoms with van der Waals surface area (Å²) in [6, 6.07) is 33.1. The molecule has 1 saturated carbocycles. The maximum absolute atomic E-state index is 14.8. The van der Waals surface area contributed by atoms with Crippen LogP contribution in [0.1, 0.15) is 57.4 Å². The summed E-state index contributed by atoms with van der Waals surface area (Å²) in [6.45, 7) is 2.55. The molecule has 0 aromatic heterocycles. The number of carbonyl (C=O) groups is 3. The number of ether oxygens (including phenoxy) is 1. The molecule has 6 rings (SSSR count). The average Bonchev–Trinajstić information content (AvgIpc) is 3.64. The van der Waals surface area contributed by atoms with Crippen LogP contribution in [0, 0.1) is 17.8 Å². The van der Waals surface area contributed by atoms with E-state index in [4.69, 9.17) is 10.5 Å². The van der Waals surface area contributed by atoms with Crippen molar-refractivity contribution in [2.45, 2.75) is 64.5 Å². The Morgan fingerprint density at radius 3 is 2.24 bits per heavy atom. The van der Waals surface area contributed by atoms with Gasteiger partial charge in [-0.1, -0.05) is 99.7 Å². The molecule has 4 aromatic rings. The van der Waals surface area contributed by atoms with E-state index in [1.807, 2.05) is 97.9 Å². The first-order chi connectivity index (χ1) is 24.4. The lowest BCUT2D eigenvalue weighted by Gasteiger charge is -2.30. The molecule has 3 amide bonds. The molecule has 0 bridgehead atoms. The Balaban J connectivity index is 1.36. The molecule has 4 aromatic carbocycles. The van der Waals surface area contributed by atoms with Crippen LogP contribution in [0.4, 0.5) is 17.1 Å². The molecule has 3 N–H and O–H groups in total. The van der Waals surface area contributed by atoms with Crippen LogP contribution >= 0.6 is 0 Å². The molecule has 1 aliphatic carbocycles. The van der Waals surface area contributed by atoms with E-state index in [-0.39, 0.29) is 18.4 Å². The predicted molar refractivity (Wildman–Crippen MR) is 199 cm³/mol. The Bertz CT molecular complexity index is 1770. The topological polar surface area (TPSA) is 105 Å². The highest BCUT2D eigenvalue weighted by Crippen LogP contribution is 2.39. The summed E-state index contributed by atoms with van der Waals surface area (Å²) in [5.74, 6) is -0.940. The van der Waals surface area contributed by atoms with E-state index in [0.717, 1.165) is 71.6 Å². The Hall–Kier alpha value is -5.11. The number of nitrogens with zero attached hydrogens (tertiary/aromatic N) is 2. The maximum atomic E-state index is 14.8. The first-order valence-corrected chi connectivity index (χ1v) is 17.9. The molecule has 50 heavy (non-hydrogen) atoms. The molecule has 2 aliphatic rings. The Labute approximate surface area is 295 Å². The molecule has 3 atom stereocenters. The highest BCUT2D eigenvalue weighted by molar-refractivity contribution is 6.04. The molecule has 0 saturated heterocycles. The first kappa shape index (κ1) is 34.7. The van der Waals surface area contributed by atoms with Crippen molar-refractivity contribution < 1.29 is 19.1 Å². The highest BCUT2D eigenvalue weighted by Gasteiger charge is 2.39. The van der Waals surface area contributed by atoms with Gasteiger partial charge in [-0.15, -0.1) is 0 Å². The molecule has 8 nitrogen and oxygen atoms in total. The Kier molecular flexibility index (Phi) is 11.2. The van der Waals surface area contributed by atoms with Gasteiger partial charge >= 0.3 is 0 Å². The number of fused-ring (bicyclic) bond motifs is 1. The van der Waals surface area contributed by atoms with Crippen molar-refractivity contribution in [3.05, 3.63) is 109 Å². The summed E-state index contributed by atoms with van der Waals surface area (Å²) < 4.78 is 5.35. The van der Waals surface area contributed by atoms with E-state index in [9.17, 15) is 14.4 Å². The van der Waals surface area contributed by atoms with Crippen molar-refractivity contribution in [2.75, 3.05) is 23.5 Å². The summed E-state index contributed by atoms with van der Waals surface area (Å²) in [5.41, 5.74) is 11.5. The second kappa shape index (κ2) is 16.1. The standard InChI is InChI=1S/C42H48N4O4/c1-3-12-35(40(43)47)36(26-29-13-7-8-14-29)41(48)44-37-28-45(33-17-5-4-6-18-33)38-19-9-10-20-39(38)46(42(37)49)27-30-15-11-16-32(25-30)31-21-23-34(50-2)24-22-31/h4-6,9-11,15-25,29,35-37H,3,7-8,12-14,26-28H2,1-2H3,(H2,43,47)(H,44,48)/t35-,36+,37?/m0/s1. The molecular weight excluding hydrogens is 624 g/mol. The van der Waals surface area contributed by atoms with Crippen molar-refractivity contribution in [1.29, 1.82) is 0 Å². The number of para-hydroxylation sites is 3. The molecule has 1 aliphatic heterocycles. The van der Waals surface area contributed by atoms with Crippen molar-refractivity contribution in [2.24, 2.45) is 23.5 Å². The van der Waals surface area contributed by atoms with Crippen LogP contribution in [0.15, 0.2) is 103 Å². The number of primary amides is 1. The maximum Gasteiger partial charge on any atom is 0.251 e. The summed E-state index contributed by atoms with van der Waals surface area (Å²) in [5, 5.41) is 3.18. The van der Waals surface area contributed by atoms with Crippen LogP contribution in [0.2, 0.25) is 0 Å². The number of carbonyl (C=O) groups excluding carboxylic acids is 3. The van der Waals surface area contributed by atoms with E-state index in [1.165, 1.54) is 0 Å². The van der Waals surface area contributed by atoms with Crippen LogP contribution in [0.5, 0.6) is 5.75 Å². The number of hydrogen-bond donors (Lipinski definition) is 2. The van der Waals surface area contributed by atoms with Gasteiger partial charge in [0.25, 0.3) is 5.91 Å². The molecule has 0 spiro atoms. The normalized spacial score (nSPS) is 17.5. The molecule has 8 heteroatoms. The van der Waals surface area contributed by atoms with E-state index >= 15 is 0 Å². The summed E-state index contributed by atoms with van der Waals surface area (Å²) in [6.07, 6.45) is 6.24. The van der Waals surface area contributed by atoms with Crippen molar-refractivity contribution >= 4 is 34.8 Å². The Morgan fingerprint density at radius 2 is 1.56 bits per heavy atom. The van der Waals surface area contributed by atoms with Gasteiger partial charge in [-0.25, -0.2) is 0 Å². The van der Waals surface area contributed by atoms with Crippen LogP contribution in [0.25, 0.3) is 11.1 Å². The second-order valence-electron chi connectivity index (χ2n) is 13.6. The minimum absolute atomic E-state index is 0.204. The number of nitrogens with one attached hydrogen (secondary N) is 1. The van der Waals surface area contributed by atoms with E-state index in [2.05, 4.69) is 22.3 Å². The number of hydrogen-bond acceptors (Lipinski definition) is 5. The van der Waals surface area contributed by atoms with Gasteiger partial charge in [0.15, 0.2) is 0 Å². The van der Waals surface area contributed by atoms with Gasteiger partial charge in [0.05, 0.1) is 31.6 Å². The quantitative estimate of drug-likeness (QED) is 0.152. The van der Waals surface area contributed by atoms with Gasteiger partial charge < -0.3 is 25.6 Å². The molecule has 1 fully saturated rings. The largest absolute Gasteiger partial charge is 0.497 e. The number of benzene rings is 4. The third-order valence-corrected chi connectivity index (χ3v) is 10.3. The minimum Gasteiger partial charge on any atom is -0.497 e. The van der Waals surface area contributed by atoms with Crippen LogP contribution in [-0.2, 0) is 20.9 Å². The number of anilines is 3. The third-order valence-electron chi connectivity index (χ3n) is 10.3. The fourth-order valence-electron chi connectivity index (χ4n) is 7.72. The first-order valence-electron chi connectivity index (χ1n) is 17.9. The Morgan fingerprint density at radius 1 is 0.860 bits per heavy atom.